The first-order valence-corrected chi connectivity index (χ1v) is 9.60. The molecule has 0 unspecified atom stereocenters. The van der Waals surface area contributed by atoms with Crippen molar-refractivity contribution in [3.05, 3.63) is 72.0 Å². The molecule has 0 aliphatic carbocycles. The summed E-state index contributed by atoms with van der Waals surface area (Å²) in [6.45, 7) is 5.66. The molecular weight excluding hydrogens is 368 g/mol. The fourth-order valence-corrected chi connectivity index (χ4v) is 2.94. The molecule has 0 radical (unpaired) electrons. The zero-order valence-electron chi connectivity index (χ0n) is 16.9. The number of carbonyl (C=O) groups is 2. The number of nitrogens with one attached hydrogen (secondary N) is 2. The highest BCUT2D eigenvalue weighted by atomic mass is 16.6. The van der Waals surface area contributed by atoms with Crippen LogP contribution in [0.2, 0.25) is 0 Å². The number of alkyl carbamates (subject to hydrolysis) is 1. The van der Waals surface area contributed by atoms with Gasteiger partial charge in [-0.2, -0.15) is 0 Å². The van der Waals surface area contributed by atoms with Gasteiger partial charge < -0.3 is 19.8 Å². The average Bonchev–Trinajstić information content (AvgIpc) is 3.09. The summed E-state index contributed by atoms with van der Waals surface area (Å²) in [4.78, 5) is 24.8. The Bertz CT molecular complexity index is 940. The highest BCUT2D eigenvalue weighted by Crippen LogP contribution is 2.18. The van der Waals surface area contributed by atoms with Crippen LogP contribution in [0.15, 0.2) is 65.1 Å². The first-order valence-electron chi connectivity index (χ1n) is 9.60. The lowest BCUT2D eigenvalue weighted by Crippen LogP contribution is -2.46. The summed E-state index contributed by atoms with van der Waals surface area (Å²) in [5.41, 5.74) is 1.11. The molecule has 6 nitrogen and oxygen atoms in total. The Morgan fingerprint density at radius 2 is 1.72 bits per heavy atom. The zero-order valence-corrected chi connectivity index (χ0v) is 16.9. The Labute approximate surface area is 170 Å². The van der Waals surface area contributed by atoms with Crippen LogP contribution in [0.4, 0.5) is 4.79 Å². The zero-order chi connectivity index (χ0) is 20.9. The van der Waals surface area contributed by atoms with Gasteiger partial charge >= 0.3 is 6.09 Å². The summed E-state index contributed by atoms with van der Waals surface area (Å²) < 4.78 is 11.0. The van der Waals surface area contributed by atoms with E-state index in [1.807, 2.05) is 75.4 Å². The van der Waals surface area contributed by atoms with Gasteiger partial charge in [-0.05, 0) is 44.9 Å². The monoisotopic (exact) mass is 394 g/mol. The maximum atomic E-state index is 12.5. The minimum absolute atomic E-state index is 0.238. The molecule has 2 amide bonds. The van der Waals surface area contributed by atoms with Crippen molar-refractivity contribution < 1.29 is 18.7 Å². The summed E-state index contributed by atoms with van der Waals surface area (Å²) in [6.07, 6.45) is 0.0388. The third kappa shape index (κ3) is 6.10. The van der Waals surface area contributed by atoms with Gasteiger partial charge in [0.15, 0.2) is 5.76 Å². The van der Waals surface area contributed by atoms with Gasteiger partial charge in [-0.15, -0.1) is 0 Å². The van der Waals surface area contributed by atoms with Gasteiger partial charge in [-0.25, -0.2) is 4.79 Å². The van der Waals surface area contributed by atoms with Gasteiger partial charge in [0.1, 0.15) is 11.2 Å². The van der Waals surface area contributed by atoms with Crippen LogP contribution >= 0.6 is 0 Å². The van der Waals surface area contributed by atoms with Crippen molar-refractivity contribution in [2.45, 2.75) is 38.8 Å². The Balaban J connectivity index is 1.66. The van der Waals surface area contributed by atoms with Crippen LogP contribution in [0.3, 0.4) is 0 Å². The summed E-state index contributed by atoms with van der Waals surface area (Å²) >= 11 is 0. The number of carbonyl (C=O) groups excluding carboxylic acids is 2. The van der Waals surface area contributed by atoms with E-state index in [1.54, 1.807) is 6.07 Å². The topological polar surface area (TPSA) is 80.6 Å². The molecule has 2 aromatic carbocycles. The molecule has 0 aliphatic heterocycles. The molecular formula is C23H26N2O4. The van der Waals surface area contributed by atoms with Gasteiger partial charge in [0, 0.05) is 11.9 Å². The van der Waals surface area contributed by atoms with Crippen molar-refractivity contribution in [2.75, 3.05) is 6.54 Å². The molecule has 152 valence electrons. The molecule has 0 bridgehead atoms. The number of amides is 2. The predicted octanol–water partition coefficient (Wildman–Crippen LogP) is 4.30. The molecule has 3 aromatic rings. The van der Waals surface area contributed by atoms with Gasteiger partial charge in [0.2, 0.25) is 0 Å². The third-order valence-electron chi connectivity index (χ3n) is 4.20. The SMILES string of the molecule is CC(C)(C)OC(=O)N[C@H](CNC(=O)c1cc2ccccc2o1)Cc1ccccc1. The number of ether oxygens (including phenoxy) is 1. The second-order valence-corrected chi connectivity index (χ2v) is 7.89. The normalized spacial score (nSPS) is 12.4. The first-order chi connectivity index (χ1) is 13.8. The Kier molecular flexibility index (Phi) is 6.22. The number of benzene rings is 2. The number of hydrogen-bond acceptors (Lipinski definition) is 4. The van der Waals surface area contributed by atoms with Crippen LogP contribution in [0.5, 0.6) is 0 Å². The molecule has 2 N–H and O–H groups in total. The molecule has 3 rings (SSSR count). The predicted molar refractivity (Wildman–Crippen MR) is 112 cm³/mol. The smallest absolute Gasteiger partial charge is 0.407 e. The maximum absolute atomic E-state index is 12.5. The fraction of sp³-hybridized carbons (Fsp3) is 0.304. The van der Waals surface area contributed by atoms with Crippen LogP contribution in [-0.2, 0) is 11.2 Å². The highest BCUT2D eigenvalue weighted by molar-refractivity contribution is 5.96. The first kappa shape index (κ1) is 20.5. The number of rotatable bonds is 6. The second-order valence-electron chi connectivity index (χ2n) is 7.89. The van der Waals surface area contributed by atoms with E-state index in [0.717, 1.165) is 10.9 Å². The van der Waals surface area contributed by atoms with Crippen LogP contribution < -0.4 is 10.6 Å². The average molecular weight is 394 g/mol. The Morgan fingerprint density at radius 1 is 1.03 bits per heavy atom. The van der Waals surface area contributed by atoms with Gasteiger partial charge in [0.25, 0.3) is 5.91 Å². The third-order valence-corrected chi connectivity index (χ3v) is 4.20. The Morgan fingerprint density at radius 3 is 2.41 bits per heavy atom. The van der Waals surface area contributed by atoms with Crippen molar-refractivity contribution in [1.82, 2.24) is 10.6 Å². The summed E-state index contributed by atoms with van der Waals surface area (Å²) in [5.74, 6) is -0.0906. The van der Waals surface area contributed by atoms with E-state index in [-0.39, 0.29) is 24.3 Å². The van der Waals surface area contributed by atoms with Crippen molar-refractivity contribution >= 4 is 23.0 Å². The molecule has 1 atom stereocenters. The second kappa shape index (κ2) is 8.82. The van der Waals surface area contributed by atoms with E-state index in [9.17, 15) is 9.59 Å². The van der Waals surface area contributed by atoms with Crippen LogP contribution in [0.1, 0.15) is 36.9 Å². The standard InChI is InChI=1S/C23H26N2O4/c1-23(2,3)29-22(27)25-18(13-16-9-5-4-6-10-16)15-24-21(26)20-14-17-11-7-8-12-19(17)28-20/h4-12,14,18H,13,15H2,1-3H3,(H,24,26)(H,25,27)/t18-/m0/s1. The lowest BCUT2D eigenvalue weighted by molar-refractivity contribution is 0.0501. The molecule has 6 heteroatoms. The molecule has 0 spiro atoms. The molecule has 1 aromatic heterocycles. The molecule has 0 aliphatic rings. The van der Waals surface area contributed by atoms with E-state index in [4.69, 9.17) is 9.15 Å². The van der Waals surface area contributed by atoms with E-state index in [1.165, 1.54) is 0 Å². The summed E-state index contributed by atoms with van der Waals surface area (Å²) in [7, 11) is 0. The van der Waals surface area contributed by atoms with Crippen LogP contribution in [-0.4, -0.2) is 30.2 Å². The molecule has 29 heavy (non-hydrogen) atoms. The fourth-order valence-electron chi connectivity index (χ4n) is 2.94. The van der Waals surface area contributed by atoms with Crippen molar-refractivity contribution in [1.29, 1.82) is 0 Å². The molecule has 0 saturated heterocycles. The van der Waals surface area contributed by atoms with E-state index < -0.39 is 11.7 Å². The van der Waals surface area contributed by atoms with Gasteiger partial charge in [-0.3, -0.25) is 4.79 Å². The largest absolute Gasteiger partial charge is 0.451 e. The minimum atomic E-state index is -0.598. The summed E-state index contributed by atoms with van der Waals surface area (Å²) in [6, 6.07) is 18.6. The summed E-state index contributed by atoms with van der Waals surface area (Å²) in [5, 5.41) is 6.56. The lowest BCUT2D eigenvalue weighted by atomic mass is 10.1. The van der Waals surface area contributed by atoms with Gasteiger partial charge in [0.05, 0.1) is 6.04 Å². The van der Waals surface area contributed by atoms with Gasteiger partial charge in [-0.1, -0.05) is 48.5 Å². The van der Waals surface area contributed by atoms with Crippen molar-refractivity contribution in [3.8, 4) is 0 Å². The van der Waals surface area contributed by atoms with E-state index in [0.29, 0.717) is 12.0 Å². The van der Waals surface area contributed by atoms with Crippen LogP contribution in [0, 0.1) is 0 Å². The highest BCUT2D eigenvalue weighted by Gasteiger charge is 2.21. The maximum Gasteiger partial charge on any atom is 0.407 e. The quantitative estimate of drug-likeness (QED) is 0.653. The number of para-hydroxylation sites is 1. The minimum Gasteiger partial charge on any atom is -0.451 e. The van der Waals surface area contributed by atoms with E-state index in [2.05, 4.69) is 10.6 Å². The number of furan rings is 1. The molecule has 0 saturated carbocycles. The van der Waals surface area contributed by atoms with Crippen LogP contribution in [0.25, 0.3) is 11.0 Å². The number of hydrogen-bond donors (Lipinski definition) is 2. The number of fused-ring (bicyclic) bond motifs is 1. The Hall–Kier alpha value is -3.28. The molecule has 0 fully saturated rings. The van der Waals surface area contributed by atoms with E-state index >= 15 is 0 Å². The van der Waals surface area contributed by atoms with Crippen molar-refractivity contribution in [2.24, 2.45) is 0 Å². The lowest BCUT2D eigenvalue weighted by Gasteiger charge is -2.24. The van der Waals surface area contributed by atoms with Crippen molar-refractivity contribution in [3.63, 3.8) is 0 Å². The molecule has 1 heterocycles.